The third-order valence-electron chi connectivity index (χ3n) is 1.81. The van der Waals surface area contributed by atoms with Crippen molar-refractivity contribution in [2.24, 2.45) is 0 Å². The number of carboxylic acids is 2. The molecule has 1 unspecified atom stereocenters. The average Bonchev–Trinajstić information content (AvgIpc) is 2.16. The van der Waals surface area contributed by atoms with Crippen molar-refractivity contribution in [3.63, 3.8) is 0 Å². The van der Waals surface area contributed by atoms with Crippen molar-refractivity contribution in [1.82, 2.24) is 0 Å². The summed E-state index contributed by atoms with van der Waals surface area (Å²) in [6, 6.07) is 3.89. The molecule has 0 fully saturated rings. The second-order valence-corrected chi connectivity index (χ2v) is 4.34. The molecule has 0 amide bonds. The van der Waals surface area contributed by atoms with Crippen molar-refractivity contribution in [2.75, 3.05) is 6.26 Å². The van der Waals surface area contributed by atoms with Gasteiger partial charge in [0.1, 0.15) is 0 Å². The van der Waals surface area contributed by atoms with Crippen LogP contribution in [0.1, 0.15) is 26.3 Å². The summed E-state index contributed by atoms with van der Waals surface area (Å²) in [5.74, 6) is -2.59. The molecule has 1 aromatic rings. The number of benzene rings is 1. The lowest BCUT2D eigenvalue weighted by molar-refractivity contribution is 0.0651. The van der Waals surface area contributed by atoms with Gasteiger partial charge in [-0.3, -0.25) is 0 Å². The molecule has 0 aliphatic carbocycles. The molecule has 86 valence electrons. The van der Waals surface area contributed by atoms with Crippen LogP contribution in [0.4, 0.5) is 0 Å². The zero-order valence-electron chi connectivity index (χ0n) is 8.38. The fourth-order valence-corrected chi connectivity index (χ4v) is 1.74. The molecule has 1 rings (SSSR count). The molecule has 16 heavy (non-hydrogen) atoms. The van der Waals surface area contributed by atoms with E-state index in [1.54, 1.807) is 6.26 Å². The minimum Gasteiger partial charge on any atom is -0.478 e. The number of carbonyl (C=O) groups is 2. The monoisotopic (exact) mass is 242 g/mol. The van der Waals surface area contributed by atoms with Crippen molar-refractivity contribution in [2.45, 2.75) is 0 Å². The second-order valence-electron chi connectivity index (χ2n) is 3.06. The molecule has 0 saturated heterocycles. The third-order valence-corrected chi connectivity index (χ3v) is 2.42. The van der Waals surface area contributed by atoms with Gasteiger partial charge in [-0.25, -0.2) is 9.59 Å². The predicted octanol–water partition coefficient (Wildman–Crippen LogP) is 1.60. The maximum absolute atomic E-state index is 10.8. The molecule has 0 aliphatic heterocycles. The number of aromatic carboxylic acids is 2. The van der Waals surface area contributed by atoms with E-state index in [0.717, 1.165) is 0 Å². The van der Waals surface area contributed by atoms with Gasteiger partial charge in [0.05, 0.1) is 11.1 Å². The van der Waals surface area contributed by atoms with Crippen molar-refractivity contribution in [3.05, 3.63) is 34.9 Å². The van der Waals surface area contributed by atoms with Crippen molar-refractivity contribution < 1.29 is 24.4 Å². The summed E-state index contributed by atoms with van der Waals surface area (Å²) in [7, 11) is -0.971. The van der Waals surface area contributed by atoms with Crippen molar-refractivity contribution >= 4 is 28.1 Å². The maximum Gasteiger partial charge on any atom is 0.336 e. The van der Waals surface area contributed by atoms with Crippen LogP contribution in [0.3, 0.4) is 0 Å². The Morgan fingerprint density at radius 1 is 1.19 bits per heavy atom. The van der Waals surface area contributed by atoms with E-state index < -0.39 is 22.7 Å². The molecule has 5 nitrogen and oxygen atoms in total. The van der Waals surface area contributed by atoms with Crippen LogP contribution in [0.2, 0.25) is 0 Å². The van der Waals surface area contributed by atoms with Crippen LogP contribution >= 0.6 is 10.8 Å². The molecule has 0 radical (unpaired) electrons. The van der Waals surface area contributed by atoms with E-state index in [-0.39, 0.29) is 11.1 Å². The summed E-state index contributed by atoms with van der Waals surface area (Å²) >= 11 is 0. The third kappa shape index (κ3) is 2.91. The summed E-state index contributed by atoms with van der Waals surface area (Å²) in [6.45, 7) is 0. The van der Waals surface area contributed by atoms with E-state index in [1.807, 2.05) is 0 Å². The first-order valence-electron chi connectivity index (χ1n) is 4.21. The van der Waals surface area contributed by atoms with E-state index in [4.69, 9.17) is 14.8 Å². The highest BCUT2D eigenvalue weighted by Crippen LogP contribution is 2.13. The molecular weight excluding hydrogens is 232 g/mol. The zero-order valence-corrected chi connectivity index (χ0v) is 9.19. The topological polar surface area (TPSA) is 94.8 Å². The van der Waals surface area contributed by atoms with Crippen LogP contribution in [0.5, 0.6) is 0 Å². The smallest absolute Gasteiger partial charge is 0.336 e. The van der Waals surface area contributed by atoms with Crippen LogP contribution in [-0.4, -0.2) is 38.3 Å². The van der Waals surface area contributed by atoms with E-state index >= 15 is 0 Å². The van der Waals surface area contributed by atoms with Gasteiger partial charge in [0, 0.05) is 6.26 Å². The first-order valence-corrected chi connectivity index (χ1v) is 5.86. The fourth-order valence-electron chi connectivity index (χ4n) is 1.20. The summed E-state index contributed by atoms with van der Waals surface area (Å²) in [5, 5.41) is 19.1. The van der Waals surface area contributed by atoms with Gasteiger partial charge in [0.2, 0.25) is 0 Å². The van der Waals surface area contributed by atoms with Crippen LogP contribution in [-0.2, 0) is 0 Å². The largest absolute Gasteiger partial charge is 0.478 e. The highest BCUT2D eigenvalue weighted by Gasteiger charge is 2.15. The lowest BCUT2D eigenvalue weighted by atomic mass is 10.0. The lowest BCUT2D eigenvalue weighted by Crippen LogP contribution is -2.08. The SMILES string of the molecule is C/S(O)=C/c1ccc(C(=O)O)c(C(=O)O)c1. The Hall–Kier alpha value is -1.66. The number of carboxylic acid groups (broad SMARTS) is 2. The standard InChI is InChI=1S/C10H10O5S/c1-16(15)5-6-2-3-7(9(11)12)8(4-6)10(13)14/h2-5,15H,1H3,(H,11,12)(H,13,14). The van der Waals surface area contributed by atoms with Crippen molar-refractivity contribution in [1.29, 1.82) is 0 Å². The van der Waals surface area contributed by atoms with E-state index in [9.17, 15) is 9.59 Å². The van der Waals surface area contributed by atoms with Crippen molar-refractivity contribution in [3.8, 4) is 0 Å². The zero-order chi connectivity index (χ0) is 12.3. The predicted molar refractivity (Wildman–Crippen MR) is 61.7 cm³/mol. The Bertz CT molecular complexity index is 474. The van der Waals surface area contributed by atoms with Gasteiger partial charge in [0.25, 0.3) is 0 Å². The molecule has 0 spiro atoms. The average molecular weight is 242 g/mol. The lowest BCUT2D eigenvalue weighted by Gasteiger charge is -2.03. The molecule has 1 atom stereocenters. The van der Waals surface area contributed by atoms with Crippen LogP contribution in [0.15, 0.2) is 18.2 Å². The Morgan fingerprint density at radius 2 is 1.75 bits per heavy atom. The highest BCUT2D eigenvalue weighted by molar-refractivity contribution is 8.09. The van der Waals surface area contributed by atoms with Gasteiger partial charge in [-0.05, 0) is 23.1 Å². The Morgan fingerprint density at radius 3 is 2.19 bits per heavy atom. The van der Waals surface area contributed by atoms with Gasteiger partial charge < -0.3 is 14.8 Å². The van der Waals surface area contributed by atoms with Crippen LogP contribution in [0.25, 0.3) is 0 Å². The number of rotatable bonds is 3. The quantitative estimate of drug-likeness (QED) is 0.700. The normalized spacial score (nSPS) is 12.4. The molecule has 6 heteroatoms. The number of hydrogen-bond acceptors (Lipinski definition) is 3. The van der Waals surface area contributed by atoms with E-state index in [0.29, 0.717) is 5.56 Å². The van der Waals surface area contributed by atoms with Gasteiger partial charge in [0.15, 0.2) is 0 Å². The highest BCUT2D eigenvalue weighted by atomic mass is 32.2. The molecule has 0 aliphatic rings. The van der Waals surface area contributed by atoms with Crippen LogP contribution < -0.4 is 0 Å². The molecule has 0 bridgehead atoms. The minimum atomic E-state index is -1.30. The van der Waals surface area contributed by atoms with Crippen LogP contribution in [0, 0.1) is 0 Å². The molecular formula is C10H10O5S. The Balaban J connectivity index is 3.34. The molecule has 1 aromatic carbocycles. The van der Waals surface area contributed by atoms with Gasteiger partial charge >= 0.3 is 11.9 Å². The summed E-state index contributed by atoms with van der Waals surface area (Å²) in [4.78, 5) is 21.6. The summed E-state index contributed by atoms with van der Waals surface area (Å²) in [6.07, 6.45) is 1.55. The first kappa shape index (κ1) is 12.4. The number of hydrogen-bond donors (Lipinski definition) is 3. The van der Waals surface area contributed by atoms with E-state index in [1.165, 1.54) is 23.6 Å². The minimum absolute atomic E-state index is 0.265. The summed E-state index contributed by atoms with van der Waals surface area (Å²) in [5.41, 5.74) is -0.0685. The van der Waals surface area contributed by atoms with Gasteiger partial charge in [-0.2, -0.15) is 0 Å². The molecule has 0 saturated carbocycles. The molecule has 0 aromatic heterocycles. The van der Waals surface area contributed by atoms with Gasteiger partial charge in [-0.15, -0.1) is 0 Å². The molecule has 0 heterocycles. The Kier molecular flexibility index (Phi) is 3.81. The Labute approximate surface area is 94.1 Å². The first-order chi connectivity index (χ1) is 7.41. The fraction of sp³-hybridized carbons (Fsp3) is 0.100. The maximum atomic E-state index is 10.8. The van der Waals surface area contributed by atoms with E-state index in [2.05, 4.69) is 0 Å². The molecule has 3 N–H and O–H groups in total. The second kappa shape index (κ2) is 4.91. The van der Waals surface area contributed by atoms with Gasteiger partial charge in [-0.1, -0.05) is 16.8 Å². The summed E-state index contributed by atoms with van der Waals surface area (Å²) < 4.78 is 9.12.